The number of benzene rings is 1. The first-order chi connectivity index (χ1) is 12.8. The molecule has 1 aliphatic rings. The maximum Gasteiger partial charge on any atom is 0.387 e. The highest BCUT2D eigenvalue weighted by molar-refractivity contribution is 14.0. The van der Waals surface area contributed by atoms with E-state index >= 15 is 0 Å². The number of anilines is 1. The van der Waals surface area contributed by atoms with Crippen molar-refractivity contribution >= 4 is 45.5 Å². The third kappa shape index (κ3) is 8.33. The molecule has 0 aliphatic carbocycles. The monoisotopic (exact) mass is 532 g/mol. The van der Waals surface area contributed by atoms with Crippen LogP contribution in [-0.4, -0.2) is 65.2 Å². The molecule has 1 aromatic rings. The molecule has 0 spiro atoms. The molecule has 1 heterocycles. The summed E-state index contributed by atoms with van der Waals surface area (Å²) in [5, 5.41) is 6.37. The van der Waals surface area contributed by atoms with Crippen LogP contribution in [0, 0.1) is 0 Å². The van der Waals surface area contributed by atoms with Crippen molar-refractivity contribution in [3.8, 4) is 5.75 Å². The van der Waals surface area contributed by atoms with Crippen molar-refractivity contribution in [3.05, 3.63) is 24.3 Å². The van der Waals surface area contributed by atoms with Gasteiger partial charge in [0.1, 0.15) is 15.6 Å². The Morgan fingerprint density at radius 1 is 1.39 bits per heavy atom. The Morgan fingerprint density at radius 2 is 2.11 bits per heavy atom. The van der Waals surface area contributed by atoms with Gasteiger partial charge in [0.05, 0.1) is 18.0 Å². The van der Waals surface area contributed by atoms with E-state index in [0.29, 0.717) is 31.3 Å². The standard InChI is InChI=1S/C17H26F2N4O3S.HI/c1-3-20-17(21-9-11-27(2,24)25)22-13-8-10-23(12-13)14-6-4-5-7-15(14)26-16(18)19;/h4-7,13,16H,3,8-12H2,1-2H3,(H2,20,21,22);1H. The molecule has 0 radical (unpaired) electrons. The van der Waals surface area contributed by atoms with Crippen molar-refractivity contribution in [2.45, 2.75) is 26.0 Å². The number of para-hydroxylation sites is 2. The zero-order valence-electron chi connectivity index (χ0n) is 15.9. The summed E-state index contributed by atoms with van der Waals surface area (Å²) < 4.78 is 52.3. The number of aliphatic imine (C=N–C) groups is 1. The Hall–Kier alpha value is -1.37. The number of hydrogen-bond acceptors (Lipinski definition) is 5. The van der Waals surface area contributed by atoms with Crippen molar-refractivity contribution in [2.24, 2.45) is 4.99 Å². The molecule has 11 heteroatoms. The highest BCUT2D eigenvalue weighted by Crippen LogP contribution is 2.31. The van der Waals surface area contributed by atoms with E-state index in [9.17, 15) is 17.2 Å². The molecule has 28 heavy (non-hydrogen) atoms. The first-order valence-corrected chi connectivity index (χ1v) is 10.9. The van der Waals surface area contributed by atoms with Crippen LogP contribution in [0.15, 0.2) is 29.3 Å². The maximum absolute atomic E-state index is 12.6. The Kier molecular flexibility index (Phi) is 10.2. The largest absolute Gasteiger partial charge is 0.433 e. The van der Waals surface area contributed by atoms with Crippen LogP contribution in [0.3, 0.4) is 0 Å². The number of ether oxygens (including phenoxy) is 1. The van der Waals surface area contributed by atoms with Gasteiger partial charge in [0.2, 0.25) is 0 Å². The smallest absolute Gasteiger partial charge is 0.387 e. The Labute approximate surface area is 181 Å². The predicted octanol–water partition coefficient (Wildman–Crippen LogP) is 2.08. The third-order valence-electron chi connectivity index (χ3n) is 4.03. The summed E-state index contributed by atoms with van der Waals surface area (Å²) in [6, 6.07) is 6.78. The number of sulfone groups is 1. The highest BCUT2D eigenvalue weighted by Gasteiger charge is 2.26. The van der Waals surface area contributed by atoms with Gasteiger partial charge >= 0.3 is 6.61 Å². The van der Waals surface area contributed by atoms with Crippen LogP contribution in [0.5, 0.6) is 5.75 Å². The van der Waals surface area contributed by atoms with Crippen molar-refractivity contribution in [1.29, 1.82) is 0 Å². The van der Waals surface area contributed by atoms with Crippen LogP contribution < -0.4 is 20.3 Å². The molecule has 1 fully saturated rings. The van der Waals surface area contributed by atoms with Crippen LogP contribution in [0.2, 0.25) is 0 Å². The van der Waals surface area contributed by atoms with E-state index in [2.05, 4.69) is 20.4 Å². The number of rotatable bonds is 8. The van der Waals surface area contributed by atoms with E-state index in [-0.39, 0.29) is 48.1 Å². The summed E-state index contributed by atoms with van der Waals surface area (Å²) in [6.07, 6.45) is 1.97. The van der Waals surface area contributed by atoms with E-state index in [1.165, 1.54) is 12.3 Å². The molecular formula is C17H27F2IN4O3S. The molecule has 2 N–H and O–H groups in total. The van der Waals surface area contributed by atoms with E-state index < -0.39 is 16.4 Å². The second kappa shape index (κ2) is 11.6. The number of alkyl halides is 2. The summed E-state index contributed by atoms with van der Waals surface area (Å²) in [5.74, 6) is 0.686. The lowest BCUT2D eigenvalue weighted by Crippen LogP contribution is -2.44. The van der Waals surface area contributed by atoms with Gasteiger partial charge in [-0.1, -0.05) is 12.1 Å². The van der Waals surface area contributed by atoms with Gasteiger partial charge in [-0.3, -0.25) is 4.99 Å². The van der Waals surface area contributed by atoms with Crippen LogP contribution in [-0.2, 0) is 9.84 Å². The van der Waals surface area contributed by atoms with E-state index in [4.69, 9.17) is 0 Å². The number of nitrogens with one attached hydrogen (secondary N) is 2. The van der Waals surface area contributed by atoms with E-state index in [1.54, 1.807) is 18.2 Å². The lowest BCUT2D eigenvalue weighted by atomic mass is 10.2. The number of hydrogen-bond donors (Lipinski definition) is 2. The van der Waals surface area contributed by atoms with Crippen LogP contribution in [0.1, 0.15) is 13.3 Å². The van der Waals surface area contributed by atoms with Crippen LogP contribution in [0.25, 0.3) is 0 Å². The summed E-state index contributed by atoms with van der Waals surface area (Å²) in [4.78, 5) is 6.27. The fourth-order valence-electron chi connectivity index (χ4n) is 2.85. The summed E-state index contributed by atoms with van der Waals surface area (Å²) in [6.45, 7) is 1.16. The Balaban J connectivity index is 0.00000392. The molecule has 1 aromatic carbocycles. The molecule has 7 nitrogen and oxygen atoms in total. The van der Waals surface area contributed by atoms with E-state index in [1.807, 2.05) is 11.8 Å². The summed E-state index contributed by atoms with van der Waals surface area (Å²) in [5.41, 5.74) is 0.626. The van der Waals surface area contributed by atoms with Gasteiger partial charge in [0, 0.05) is 31.9 Å². The Morgan fingerprint density at radius 3 is 2.75 bits per heavy atom. The number of guanidine groups is 1. The fraction of sp³-hybridized carbons (Fsp3) is 0.588. The van der Waals surface area contributed by atoms with Gasteiger partial charge in [-0.2, -0.15) is 8.78 Å². The third-order valence-corrected chi connectivity index (χ3v) is 4.95. The SMILES string of the molecule is CCNC(=NCCS(C)(=O)=O)NC1CCN(c2ccccc2OC(F)F)C1.I. The molecule has 1 aliphatic heterocycles. The lowest BCUT2D eigenvalue weighted by molar-refractivity contribution is -0.0495. The number of nitrogens with zero attached hydrogens (tertiary/aromatic N) is 2. The minimum absolute atomic E-state index is 0. The summed E-state index contributed by atoms with van der Waals surface area (Å²) >= 11 is 0. The maximum atomic E-state index is 12.6. The molecule has 1 unspecified atom stereocenters. The van der Waals surface area contributed by atoms with Gasteiger partial charge in [-0.05, 0) is 25.5 Å². The Bertz CT molecular complexity index is 750. The molecule has 0 bridgehead atoms. The molecule has 2 rings (SSSR count). The molecule has 0 amide bonds. The van der Waals surface area contributed by atoms with Crippen molar-refractivity contribution in [3.63, 3.8) is 0 Å². The average Bonchev–Trinajstić information content (AvgIpc) is 3.02. The lowest BCUT2D eigenvalue weighted by Gasteiger charge is -2.22. The van der Waals surface area contributed by atoms with Gasteiger partial charge < -0.3 is 20.3 Å². The minimum atomic E-state index is -3.07. The van der Waals surface area contributed by atoms with Crippen molar-refractivity contribution in [1.82, 2.24) is 10.6 Å². The second-order valence-corrected chi connectivity index (χ2v) is 8.57. The molecule has 1 saturated heterocycles. The minimum Gasteiger partial charge on any atom is -0.433 e. The first-order valence-electron chi connectivity index (χ1n) is 8.80. The van der Waals surface area contributed by atoms with Gasteiger partial charge in [-0.15, -0.1) is 24.0 Å². The second-order valence-electron chi connectivity index (χ2n) is 6.31. The predicted molar refractivity (Wildman–Crippen MR) is 118 cm³/mol. The van der Waals surface area contributed by atoms with Crippen LogP contribution in [0.4, 0.5) is 14.5 Å². The molecule has 1 atom stereocenters. The summed E-state index contributed by atoms with van der Waals surface area (Å²) in [7, 11) is -3.07. The fourth-order valence-corrected chi connectivity index (χ4v) is 3.27. The molecule has 0 aromatic heterocycles. The van der Waals surface area contributed by atoms with E-state index in [0.717, 1.165) is 6.42 Å². The van der Waals surface area contributed by atoms with Gasteiger partial charge in [-0.25, -0.2) is 8.42 Å². The van der Waals surface area contributed by atoms with Gasteiger partial charge in [0.15, 0.2) is 5.96 Å². The number of halogens is 3. The molecule has 0 saturated carbocycles. The van der Waals surface area contributed by atoms with Crippen LogP contribution >= 0.6 is 24.0 Å². The topological polar surface area (TPSA) is 83.0 Å². The molecule has 160 valence electrons. The van der Waals surface area contributed by atoms with Gasteiger partial charge in [0.25, 0.3) is 0 Å². The highest BCUT2D eigenvalue weighted by atomic mass is 127. The normalized spacial score (nSPS) is 17.4. The quantitative estimate of drug-likeness (QED) is 0.303. The zero-order chi connectivity index (χ0) is 19.9. The average molecular weight is 532 g/mol. The zero-order valence-corrected chi connectivity index (χ0v) is 19.0. The van der Waals surface area contributed by atoms with Crippen molar-refractivity contribution in [2.75, 3.05) is 43.1 Å². The van der Waals surface area contributed by atoms with Crippen molar-refractivity contribution < 1.29 is 21.9 Å². The molecular weight excluding hydrogens is 505 g/mol. The first kappa shape index (κ1) is 24.7.